The number of aliphatic hydroxyl groups excluding tert-OH is 1. The van der Waals surface area contributed by atoms with Gasteiger partial charge in [0.25, 0.3) is 0 Å². The van der Waals surface area contributed by atoms with E-state index in [1.807, 2.05) is 268 Å². The number of aryl methyl sites for hydroxylation is 8. The maximum Gasteiger partial charge on any atom is 0.230 e. The number of aliphatic hydroxyl groups is 1. The molecule has 12 aromatic carbocycles. The predicted molar refractivity (Wildman–Crippen MR) is 599 cm³/mol. The van der Waals surface area contributed by atoms with Crippen LogP contribution in [0.15, 0.2) is 244 Å². The van der Waals surface area contributed by atoms with Gasteiger partial charge in [0.15, 0.2) is 0 Å². The van der Waals surface area contributed by atoms with Crippen molar-refractivity contribution in [2.75, 3.05) is 104 Å². The first-order valence-electron chi connectivity index (χ1n) is 49.5. The van der Waals surface area contributed by atoms with E-state index in [-0.39, 0.29) is 55.4 Å². The largest absolute Gasteiger partial charge is 0.494 e. The minimum Gasteiger partial charge on any atom is -0.494 e. The number of likely N-dealkylation sites (N-methyl/N-ethyl adjacent to an activating group) is 2. The van der Waals surface area contributed by atoms with Crippen LogP contribution in [0.1, 0.15) is 108 Å². The molecule has 29 heteroatoms. The fourth-order valence-corrected chi connectivity index (χ4v) is 18.5. The van der Waals surface area contributed by atoms with Crippen molar-refractivity contribution in [1.82, 2.24) is 59.6 Å². The summed E-state index contributed by atoms with van der Waals surface area (Å²) in [6, 6.07) is 69.2. The number of piperazine rings is 1. The Morgan fingerprint density at radius 3 is 1.13 bits per heavy atom. The van der Waals surface area contributed by atoms with Crippen LogP contribution in [0, 0.1) is 55.4 Å². The van der Waals surface area contributed by atoms with Crippen LogP contribution in [0.3, 0.4) is 0 Å². The number of hydrogen-bond donors (Lipinski definition) is 1. The van der Waals surface area contributed by atoms with Crippen molar-refractivity contribution in [1.29, 1.82) is 0 Å². The number of Topliss-reactive ketones (excluding diaryl/α,β-unsaturated/α-hetero) is 4. The molecule has 149 heavy (non-hydrogen) atoms. The third-order valence-electron chi connectivity index (χ3n) is 26.2. The molecule has 5 aromatic heterocycles. The minimum atomic E-state index is 0.0777. The summed E-state index contributed by atoms with van der Waals surface area (Å²) in [5.74, 6) is 6.13. The molecule has 766 valence electrons. The van der Waals surface area contributed by atoms with Gasteiger partial charge < -0.3 is 48.4 Å². The average Bonchev–Trinajstić information content (AvgIpc) is 0.799. The summed E-state index contributed by atoms with van der Waals surface area (Å²) in [5.41, 5.74) is 22.4. The van der Waals surface area contributed by atoms with Crippen molar-refractivity contribution in [3.8, 4) is 52.3 Å². The molecule has 1 aliphatic rings. The fraction of sp³-hybridized carbons (Fsp3) is 0.275. The van der Waals surface area contributed by atoms with Crippen molar-refractivity contribution in [2.24, 2.45) is 0 Å². The summed E-state index contributed by atoms with van der Waals surface area (Å²) in [4.78, 5) is 102. The highest BCUT2D eigenvalue weighted by Gasteiger charge is 2.24. The molecule has 0 spiro atoms. The van der Waals surface area contributed by atoms with Crippen LogP contribution in [-0.2, 0) is 77.1 Å². The quantitative estimate of drug-likeness (QED) is 0.0358. The Kier molecular flexibility index (Phi) is 37.6. The Morgan fingerprint density at radius 1 is 0.356 bits per heavy atom. The highest BCUT2D eigenvalue weighted by Crippen LogP contribution is 2.39. The zero-order valence-electron chi connectivity index (χ0n) is 86.3. The number of hydrogen-bond acceptors (Lipinski definition) is 24. The molecule has 0 atom stereocenters. The van der Waals surface area contributed by atoms with Crippen LogP contribution in [0.5, 0.6) is 52.3 Å². The summed E-state index contributed by atoms with van der Waals surface area (Å²) >= 11 is 32.5. The van der Waals surface area contributed by atoms with Crippen molar-refractivity contribution in [3.05, 3.63) is 363 Å². The molecule has 0 unspecified atom stereocenters. The van der Waals surface area contributed by atoms with Crippen LogP contribution in [0.25, 0.3) is 54.5 Å². The van der Waals surface area contributed by atoms with E-state index < -0.39 is 0 Å². The summed E-state index contributed by atoms with van der Waals surface area (Å²) in [6.45, 7) is 26.6. The second-order valence-corrected chi connectivity index (χ2v) is 40.3. The Morgan fingerprint density at radius 2 is 0.732 bits per heavy atom. The molecule has 0 bridgehead atoms. The highest BCUT2D eigenvalue weighted by molar-refractivity contribution is 6.33. The summed E-state index contributed by atoms with van der Waals surface area (Å²) in [7, 11) is 9.97. The lowest BCUT2D eigenvalue weighted by atomic mass is 10.0. The van der Waals surface area contributed by atoms with E-state index in [0.717, 1.165) is 219 Å². The van der Waals surface area contributed by atoms with E-state index in [0.29, 0.717) is 110 Å². The van der Waals surface area contributed by atoms with Gasteiger partial charge in [0.1, 0.15) is 83.0 Å². The predicted octanol–water partition coefficient (Wildman–Crippen LogP) is 25.4. The van der Waals surface area contributed by atoms with Gasteiger partial charge in [-0.2, -0.15) is 0 Å². The van der Waals surface area contributed by atoms with Crippen molar-refractivity contribution >= 4 is 147 Å². The molecule has 1 N–H and O–H groups in total. The number of ketones is 4. The fourth-order valence-electron chi connectivity index (χ4n) is 17.4. The first-order chi connectivity index (χ1) is 71.7. The number of rotatable bonds is 36. The molecule has 18 rings (SSSR count). The SMILES string of the molecule is CCN1CCN(c2ccc(Cl)cc2CC(=O)Cc2ccc(Oc3ncnc4cc(C)c(C)cc34)cc2Cl)CC1.Cc1cc2ncnc(Oc3ccc(CC(=O)Cc4ccc(OCCCN(C)C)cc4)c(Cl)c3)c2cc1C.Cc1cc2ncnc(Oc3ccc(CC(=O)Cc4ccc5nc(N(C)C)ccc5c4)c(Cl)c3)c2cc1C.Cc1cc2ncnc(Oc3ccc(CC(=O)Cc4cccc(CN(C)CCO)c4)c(Cl)c3)c2cc1C. The third-order valence-corrected chi connectivity index (χ3v) is 27.9. The summed E-state index contributed by atoms with van der Waals surface area (Å²) in [5, 5.41) is 16.0. The van der Waals surface area contributed by atoms with E-state index in [1.165, 1.54) is 25.3 Å². The molecule has 0 saturated carbocycles. The number of aromatic nitrogens is 9. The van der Waals surface area contributed by atoms with E-state index in [4.69, 9.17) is 86.8 Å². The molecule has 0 aliphatic carbocycles. The van der Waals surface area contributed by atoms with Crippen LogP contribution in [0.2, 0.25) is 25.1 Å². The monoisotopic (exact) mass is 2090 g/mol. The summed E-state index contributed by atoms with van der Waals surface area (Å²) in [6.07, 6.45) is 9.17. The zero-order valence-corrected chi connectivity index (χ0v) is 90.1. The van der Waals surface area contributed by atoms with Crippen LogP contribution in [-0.4, -0.2) is 182 Å². The van der Waals surface area contributed by atoms with E-state index in [1.54, 1.807) is 30.3 Å². The molecular formula is C120H121Cl5N14O10. The average molecular weight is 2100 g/mol. The first kappa shape index (κ1) is 109. The Bertz CT molecular complexity index is 7740. The molecule has 1 aliphatic heterocycles. The van der Waals surface area contributed by atoms with Crippen LogP contribution < -0.4 is 33.5 Å². The standard InChI is InChI=1S/C31H32Cl2N4O2.C30H27ClN4O2.C30H32ClN3O3.C29H30ClN3O3/c1-4-36-9-11-37(12-10-36)30-8-6-24(32)15-23(30)17-25(38)16-22-5-7-26(18-28(22)33)39-31-27-13-20(2)21(3)14-29(27)34-19-35-31;1-18-11-25-28(12-19(18)2)32-17-33-30(25)37-24-8-6-21(26(31)16-24)15-23(36)14-20-5-9-27-22(13-20)7-10-29(34-27)35(3)4;1-20-14-27-29(15-21(20)2)32-19-33-30(27)37-26-11-8-23(28(31)18-26)17-24(35)16-22-6-9-25(10-7-22)36-13-5-12-34(3)4;1-19-11-26-28(12-20(19)2)31-18-32-29(26)36-25-8-7-23(27(30)16-25)15-24(35)14-21-5-4-6-22(13-21)17-33(3)9-10-34/h5-8,13-15,18-19H,4,9-12,16-17H2,1-3H3;5-13,16-17H,14-15H2,1-4H3;6-11,14-15,18-19H,5,12-13,16-17H2,1-4H3;4-8,11-13,16,18,34H,9-10,14-15,17H2,1-3H3. The second kappa shape index (κ2) is 51.3. The van der Waals surface area contributed by atoms with E-state index >= 15 is 0 Å². The van der Waals surface area contributed by atoms with Crippen molar-refractivity contribution < 1.29 is 48.0 Å². The molecular weight excluding hydrogens is 1970 g/mol. The number of carbonyl (C=O) groups is 4. The lowest BCUT2D eigenvalue weighted by Gasteiger charge is -2.36. The Balaban J connectivity index is 0.000000149. The second-order valence-electron chi connectivity index (χ2n) is 38.2. The van der Waals surface area contributed by atoms with Gasteiger partial charge in [-0.15, -0.1) is 0 Å². The topological polar surface area (TPSA) is 267 Å². The number of anilines is 2. The van der Waals surface area contributed by atoms with Gasteiger partial charge >= 0.3 is 0 Å². The van der Waals surface area contributed by atoms with Crippen LogP contribution in [0.4, 0.5) is 11.5 Å². The van der Waals surface area contributed by atoms with E-state index in [9.17, 15) is 19.2 Å². The Labute approximate surface area is 894 Å². The molecule has 6 heterocycles. The van der Waals surface area contributed by atoms with Crippen molar-refractivity contribution in [2.45, 2.75) is 127 Å². The zero-order chi connectivity index (χ0) is 106. The number of halogens is 5. The first-order valence-corrected chi connectivity index (χ1v) is 51.4. The molecule has 17 aromatic rings. The van der Waals surface area contributed by atoms with Gasteiger partial charge in [-0.05, 0) is 336 Å². The maximum absolute atomic E-state index is 13.2. The maximum atomic E-state index is 13.2. The van der Waals surface area contributed by atoms with Gasteiger partial charge in [0, 0.05) is 147 Å². The van der Waals surface area contributed by atoms with Gasteiger partial charge in [-0.1, -0.05) is 132 Å². The van der Waals surface area contributed by atoms with Crippen molar-refractivity contribution in [3.63, 3.8) is 0 Å². The lowest BCUT2D eigenvalue weighted by molar-refractivity contribution is -0.118. The normalized spacial score (nSPS) is 12.0. The van der Waals surface area contributed by atoms with Gasteiger partial charge in [-0.3, -0.25) is 24.1 Å². The molecule has 1 saturated heterocycles. The number of ether oxygens (including phenoxy) is 5. The number of carbonyl (C=O) groups excluding carboxylic acids is 4. The molecule has 1 fully saturated rings. The number of pyridine rings is 1. The number of nitrogens with zero attached hydrogens (tertiary/aromatic N) is 14. The van der Waals surface area contributed by atoms with Gasteiger partial charge in [0.05, 0.1) is 62.3 Å². The number of benzene rings is 12. The molecule has 24 nitrogen and oxygen atoms in total. The van der Waals surface area contributed by atoms with Crippen LogP contribution >= 0.6 is 58.0 Å². The van der Waals surface area contributed by atoms with E-state index in [2.05, 4.69) is 87.3 Å². The minimum absolute atomic E-state index is 0.0777. The third kappa shape index (κ3) is 30.0. The lowest BCUT2D eigenvalue weighted by Crippen LogP contribution is -2.46. The highest BCUT2D eigenvalue weighted by atomic mass is 35.5. The molecule has 0 amide bonds. The Hall–Kier alpha value is -14.0. The smallest absolute Gasteiger partial charge is 0.230 e. The number of fused-ring (bicyclic) bond motifs is 5. The van der Waals surface area contributed by atoms with Gasteiger partial charge in [0.2, 0.25) is 23.5 Å². The van der Waals surface area contributed by atoms with Gasteiger partial charge in [-0.25, -0.2) is 44.9 Å². The summed E-state index contributed by atoms with van der Waals surface area (Å²) < 4.78 is 30.0. The molecule has 0 radical (unpaired) electrons.